The number of amides is 1. The van der Waals surface area contributed by atoms with Crippen molar-refractivity contribution in [2.45, 2.75) is 22.6 Å². The predicted molar refractivity (Wildman–Crippen MR) is 126 cm³/mol. The molecule has 1 aliphatic rings. The van der Waals surface area contributed by atoms with Crippen molar-refractivity contribution in [1.29, 1.82) is 0 Å². The number of benzene rings is 3. The Bertz CT molecular complexity index is 1330. The summed E-state index contributed by atoms with van der Waals surface area (Å²) in [5, 5.41) is 2.71. The van der Waals surface area contributed by atoms with Crippen LogP contribution in [0.25, 0.3) is 0 Å². The summed E-state index contributed by atoms with van der Waals surface area (Å²) in [7, 11) is -7.23. The van der Waals surface area contributed by atoms with Crippen molar-refractivity contribution in [3.05, 3.63) is 84.4 Å². The minimum absolute atomic E-state index is 0.141. The molecule has 0 unspecified atom stereocenters. The van der Waals surface area contributed by atoms with Gasteiger partial charge in [0.05, 0.1) is 9.79 Å². The average Bonchev–Trinajstić information content (AvgIpc) is 3.36. The topological polar surface area (TPSA) is 113 Å². The summed E-state index contributed by atoms with van der Waals surface area (Å²) in [6.07, 6.45) is 1.72. The monoisotopic (exact) mass is 485 g/mol. The first-order valence-corrected chi connectivity index (χ1v) is 13.3. The molecule has 0 bridgehead atoms. The second-order valence-electron chi connectivity index (χ2n) is 7.59. The Morgan fingerprint density at radius 1 is 0.697 bits per heavy atom. The summed E-state index contributed by atoms with van der Waals surface area (Å²) in [5.41, 5.74) is 1.10. The van der Waals surface area contributed by atoms with Crippen molar-refractivity contribution >= 4 is 37.3 Å². The van der Waals surface area contributed by atoms with E-state index in [0.29, 0.717) is 30.0 Å². The van der Waals surface area contributed by atoms with Crippen LogP contribution in [0.3, 0.4) is 0 Å². The molecule has 0 spiro atoms. The lowest BCUT2D eigenvalue weighted by Gasteiger charge is -2.15. The zero-order valence-corrected chi connectivity index (χ0v) is 19.3. The molecule has 1 aliphatic heterocycles. The Kier molecular flexibility index (Phi) is 6.50. The van der Waals surface area contributed by atoms with Crippen LogP contribution in [0.15, 0.2) is 88.7 Å². The van der Waals surface area contributed by atoms with Gasteiger partial charge in [0.15, 0.2) is 0 Å². The maximum absolute atomic E-state index is 12.6. The smallest absolute Gasteiger partial charge is 0.261 e. The van der Waals surface area contributed by atoms with Crippen molar-refractivity contribution < 1.29 is 21.6 Å². The molecule has 0 aliphatic carbocycles. The maximum Gasteiger partial charge on any atom is 0.261 e. The van der Waals surface area contributed by atoms with Crippen LogP contribution in [0.1, 0.15) is 23.2 Å². The summed E-state index contributed by atoms with van der Waals surface area (Å²) in [6.45, 7) is 1.05. The third kappa shape index (κ3) is 5.24. The molecule has 4 rings (SSSR count). The van der Waals surface area contributed by atoms with Crippen LogP contribution in [0.5, 0.6) is 0 Å². The first kappa shape index (κ1) is 23.0. The highest BCUT2D eigenvalue weighted by atomic mass is 32.2. The predicted octanol–water partition coefficient (Wildman–Crippen LogP) is 3.52. The third-order valence-electron chi connectivity index (χ3n) is 5.27. The van der Waals surface area contributed by atoms with Gasteiger partial charge in [0, 0.05) is 30.0 Å². The molecule has 0 radical (unpaired) electrons. The van der Waals surface area contributed by atoms with Crippen LogP contribution in [0.4, 0.5) is 11.4 Å². The normalized spacial score (nSPS) is 14.7. The molecule has 1 fully saturated rings. The lowest BCUT2D eigenvalue weighted by Crippen LogP contribution is -2.27. The standard InChI is InChI=1S/C23H23N3O5S2/c27-23(24-19-12-14-22(15-13-19)33(30,31)26-16-4-5-17-26)18-8-10-20(11-9-18)25-32(28,29)21-6-2-1-3-7-21/h1-3,6-15,25H,4-5,16-17H2,(H,24,27). The van der Waals surface area contributed by atoms with E-state index in [-0.39, 0.29) is 9.79 Å². The molecule has 2 N–H and O–H groups in total. The minimum atomic E-state index is -3.72. The fourth-order valence-electron chi connectivity index (χ4n) is 3.49. The van der Waals surface area contributed by atoms with E-state index in [1.54, 1.807) is 30.3 Å². The van der Waals surface area contributed by atoms with Gasteiger partial charge in [-0.15, -0.1) is 0 Å². The number of carbonyl (C=O) groups excluding carboxylic acids is 1. The Labute approximate surface area is 193 Å². The maximum atomic E-state index is 12.6. The fourth-order valence-corrected chi connectivity index (χ4v) is 6.09. The van der Waals surface area contributed by atoms with Crippen molar-refractivity contribution in [3.8, 4) is 0 Å². The van der Waals surface area contributed by atoms with Gasteiger partial charge in [-0.3, -0.25) is 9.52 Å². The van der Waals surface area contributed by atoms with E-state index in [4.69, 9.17) is 0 Å². The van der Waals surface area contributed by atoms with E-state index < -0.39 is 26.0 Å². The van der Waals surface area contributed by atoms with Gasteiger partial charge in [0.25, 0.3) is 15.9 Å². The fraction of sp³-hybridized carbons (Fsp3) is 0.174. The highest BCUT2D eigenvalue weighted by Crippen LogP contribution is 2.23. The van der Waals surface area contributed by atoms with Gasteiger partial charge in [0.1, 0.15) is 0 Å². The lowest BCUT2D eigenvalue weighted by molar-refractivity contribution is 0.102. The van der Waals surface area contributed by atoms with Crippen molar-refractivity contribution in [2.75, 3.05) is 23.1 Å². The molecule has 0 atom stereocenters. The van der Waals surface area contributed by atoms with E-state index in [2.05, 4.69) is 10.0 Å². The second kappa shape index (κ2) is 9.34. The highest BCUT2D eigenvalue weighted by molar-refractivity contribution is 7.92. The van der Waals surface area contributed by atoms with Gasteiger partial charge in [-0.1, -0.05) is 18.2 Å². The quantitative estimate of drug-likeness (QED) is 0.532. The number of sulfonamides is 2. The van der Waals surface area contributed by atoms with Crippen molar-refractivity contribution in [2.24, 2.45) is 0 Å². The zero-order chi connectivity index (χ0) is 23.5. The number of carbonyl (C=O) groups is 1. The molecular formula is C23H23N3O5S2. The van der Waals surface area contributed by atoms with E-state index in [1.165, 1.54) is 52.8 Å². The number of nitrogens with one attached hydrogen (secondary N) is 2. The van der Waals surface area contributed by atoms with E-state index in [9.17, 15) is 21.6 Å². The largest absolute Gasteiger partial charge is 0.322 e. The molecule has 172 valence electrons. The molecule has 0 aromatic heterocycles. The van der Waals surface area contributed by atoms with Gasteiger partial charge in [-0.2, -0.15) is 4.31 Å². The lowest BCUT2D eigenvalue weighted by atomic mass is 10.2. The molecule has 1 saturated heterocycles. The second-order valence-corrected chi connectivity index (χ2v) is 11.2. The summed E-state index contributed by atoms with van der Waals surface area (Å²) < 4.78 is 54.0. The van der Waals surface area contributed by atoms with E-state index in [1.807, 2.05) is 0 Å². The molecular weight excluding hydrogens is 462 g/mol. The number of rotatable bonds is 7. The van der Waals surface area contributed by atoms with Gasteiger partial charge in [0.2, 0.25) is 10.0 Å². The van der Waals surface area contributed by atoms with Crippen LogP contribution < -0.4 is 10.0 Å². The van der Waals surface area contributed by atoms with Gasteiger partial charge in [-0.05, 0) is 73.5 Å². The molecule has 0 saturated carbocycles. The number of hydrogen-bond donors (Lipinski definition) is 2. The number of hydrogen-bond acceptors (Lipinski definition) is 5. The molecule has 3 aromatic rings. The van der Waals surface area contributed by atoms with E-state index >= 15 is 0 Å². The summed E-state index contributed by atoms with van der Waals surface area (Å²) in [4.78, 5) is 12.9. The summed E-state index contributed by atoms with van der Waals surface area (Å²) in [5.74, 6) is -0.400. The van der Waals surface area contributed by atoms with Crippen molar-refractivity contribution in [3.63, 3.8) is 0 Å². The Morgan fingerprint density at radius 3 is 1.88 bits per heavy atom. The van der Waals surface area contributed by atoms with Crippen LogP contribution in [0, 0.1) is 0 Å². The Hall–Kier alpha value is -3.21. The number of anilines is 2. The zero-order valence-electron chi connectivity index (χ0n) is 17.6. The Balaban J connectivity index is 1.41. The summed E-state index contributed by atoms with van der Waals surface area (Å²) >= 11 is 0. The SMILES string of the molecule is O=C(Nc1ccc(S(=O)(=O)N2CCCC2)cc1)c1ccc(NS(=O)(=O)c2ccccc2)cc1. The van der Waals surface area contributed by atoms with Gasteiger partial charge < -0.3 is 5.32 Å². The molecule has 3 aromatic carbocycles. The molecule has 1 heterocycles. The van der Waals surface area contributed by atoms with Crippen LogP contribution in [-0.4, -0.2) is 40.1 Å². The minimum Gasteiger partial charge on any atom is -0.322 e. The van der Waals surface area contributed by atoms with Crippen molar-refractivity contribution in [1.82, 2.24) is 4.31 Å². The van der Waals surface area contributed by atoms with Gasteiger partial charge >= 0.3 is 0 Å². The number of nitrogens with zero attached hydrogens (tertiary/aromatic N) is 1. The first-order chi connectivity index (χ1) is 15.8. The Morgan fingerprint density at radius 2 is 1.27 bits per heavy atom. The molecule has 33 heavy (non-hydrogen) atoms. The van der Waals surface area contributed by atoms with Crippen LogP contribution in [-0.2, 0) is 20.0 Å². The van der Waals surface area contributed by atoms with Gasteiger partial charge in [-0.25, -0.2) is 16.8 Å². The third-order valence-corrected chi connectivity index (χ3v) is 8.58. The summed E-state index contributed by atoms with van der Waals surface area (Å²) in [6, 6.07) is 20.0. The van der Waals surface area contributed by atoms with Crippen LogP contribution in [0.2, 0.25) is 0 Å². The van der Waals surface area contributed by atoms with E-state index in [0.717, 1.165) is 12.8 Å². The molecule has 1 amide bonds. The highest BCUT2D eigenvalue weighted by Gasteiger charge is 2.27. The molecule has 10 heteroatoms. The molecule has 8 nitrogen and oxygen atoms in total. The van der Waals surface area contributed by atoms with Crippen LogP contribution >= 0.6 is 0 Å². The average molecular weight is 486 g/mol. The first-order valence-electron chi connectivity index (χ1n) is 10.4.